The van der Waals surface area contributed by atoms with E-state index >= 15 is 0 Å². The number of nitrogens with one attached hydrogen (secondary N) is 1. The molecule has 0 heterocycles. The van der Waals surface area contributed by atoms with E-state index in [4.69, 9.17) is 5.11 Å². The molecule has 4 bridgehead atoms. The molecule has 0 amide bonds. The van der Waals surface area contributed by atoms with Crippen LogP contribution < -0.4 is 5.32 Å². The Morgan fingerprint density at radius 3 is 2.06 bits per heavy atom. The van der Waals surface area contributed by atoms with E-state index in [2.05, 4.69) is 19.2 Å². The highest BCUT2D eigenvalue weighted by atomic mass is 16.4. The summed E-state index contributed by atoms with van der Waals surface area (Å²) in [5, 5.41) is 22.9. The van der Waals surface area contributed by atoms with Crippen LogP contribution >= 0.6 is 0 Å². The van der Waals surface area contributed by atoms with Gasteiger partial charge in [-0.25, -0.2) is 0 Å². The molecule has 0 aromatic rings. The van der Waals surface area contributed by atoms with Crippen molar-refractivity contribution in [3.63, 3.8) is 0 Å². The second-order valence-corrected chi connectivity index (χ2v) is 7.93. The molecule has 4 saturated carbocycles. The lowest BCUT2D eigenvalue weighted by Crippen LogP contribution is -2.70. The predicted octanol–water partition coefficient (Wildman–Crippen LogP) is 1.52. The van der Waals surface area contributed by atoms with Crippen molar-refractivity contribution in [2.24, 2.45) is 10.8 Å². The van der Waals surface area contributed by atoms with Crippen LogP contribution in [0.15, 0.2) is 0 Å². The molecule has 2 unspecified atom stereocenters. The van der Waals surface area contributed by atoms with Crippen LogP contribution in [0.2, 0.25) is 0 Å². The third-order valence-electron chi connectivity index (χ3n) is 5.18. The molecule has 2 atom stereocenters. The second kappa shape index (κ2) is 3.28. The topological polar surface area (TPSA) is 69.6 Å². The zero-order valence-electron chi connectivity index (χ0n) is 11.3. The van der Waals surface area contributed by atoms with Gasteiger partial charge in [-0.15, -0.1) is 0 Å². The Hall–Kier alpha value is -0.610. The quantitative estimate of drug-likeness (QED) is 0.713. The van der Waals surface area contributed by atoms with E-state index in [0.717, 1.165) is 32.1 Å². The van der Waals surface area contributed by atoms with Gasteiger partial charge in [-0.1, -0.05) is 13.8 Å². The summed E-state index contributed by atoms with van der Waals surface area (Å²) in [5.41, 5.74) is -0.400. The van der Waals surface area contributed by atoms with Crippen LogP contribution in [0.1, 0.15) is 52.4 Å². The molecule has 4 aliphatic rings. The zero-order chi connectivity index (χ0) is 13.2. The van der Waals surface area contributed by atoms with E-state index in [1.165, 1.54) is 6.42 Å². The molecule has 4 nitrogen and oxygen atoms in total. The molecule has 3 N–H and O–H groups in total. The van der Waals surface area contributed by atoms with Crippen molar-refractivity contribution in [3.05, 3.63) is 0 Å². The van der Waals surface area contributed by atoms with Gasteiger partial charge in [0.1, 0.15) is 0 Å². The number of hydrogen-bond acceptors (Lipinski definition) is 3. The highest BCUT2D eigenvalue weighted by Gasteiger charge is 2.65. The maximum atomic E-state index is 10.8. The van der Waals surface area contributed by atoms with E-state index in [-0.39, 0.29) is 22.9 Å². The highest BCUT2D eigenvalue weighted by molar-refractivity contribution is 5.69. The van der Waals surface area contributed by atoms with Crippen LogP contribution in [0.3, 0.4) is 0 Å². The predicted molar refractivity (Wildman–Crippen MR) is 67.2 cm³/mol. The average molecular weight is 253 g/mol. The Labute approximate surface area is 108 Å². The fourth-order valence-electron chi connectivity index (χ4n) is 6.08. The number of aliphatic carboxylic acids is 1. The maximum absolute atomic E-state index is 10.8. The van der Waals surface area contributed by atoms with Crippen LogP contribution in [0.5, 0.6) is 0 Å². The molecular weight excluding hydrogens is 230 g/mol. The van der Waals surface area contributed by atoms with E-state index in [9.17, 15) is 9.90 Å². The molecule has 0 aromatic heterocycles. The van der Waals surface area contributed by atoms with E-state index < -0.39 is 11.6 Å². The smallest absolute Gasteiger partial charge is 0.317 e. The fraction of sp³-hybridized carbons (Fsp3) is 0.929. The first-order valence-electron chi connectivity index (χ1n) is 6.85. The molecule has 0 radical (unpaired) electrons. The molecular formula is C14H23NO3. The normalized spacial score (nSPS) is 53.7. The van der Waals surface area contributed by atoms with Crippen LogP contribution in [0.4, 0.5) is 0 Å². The van der Waals surface area contributed by atoms with Gasteiger partial charge in [0.05, 0.1) is 12.1 Å². The van der Waals surface area contributed by atoms with Crippen molar-refractivity contribution in [3.8, 4) is 0 Å². The molecule has 4 fully saturated rings. The van der Waals surface area contributed by atoms with Crippen LogP contribution in [0, 0.1) is 10.8 Å². The SMILES string of the molecule is CC12CC3(C)CC(O)(C1)CC(NCC(=O)O)(C2)C3. The summed E-state index contributed by atoms with van der Waals surface area (Å²) >= 11 is 0. The zero-order valence-corrected chi connectivity index (χ0v) is 11.3. The van der Waals surface area contributed by atoms with Gasteiger partial charge in [-0.05, 0) is 49.4 Å². The van der Waals surface area contributed by atoms with Crippen molar-refractivity contribution >= 4 is 5.97 Å². The lowest BCUT2D eigenvalue weighted by molar-refractivity contribution is -0.205. The maximum Gasteiger partial charge on any atom is 0.317 e. The largest absolute Gasteiger partial charge is 0.480 e. The number of rotatable bonds is 3. The van der Waals surface area contributed by atoms with Gasteiger partial charge in [0.15, 0.2) is 0 Å². The summed E-state index contributed by atoms with van der Waals surface area (Å²) in [6.45, 7) is 4.51. The number of aliphatic hydroxyl groups is 1. The minimum Gasteiger partial charge on any atom is -0.480 e. The molecule has 0 aliphatic heterocycles. The Balaban J connectivity index is 1.90. The monoisotopic (exact) mass is 253 g/mol. The summed E-state index contributed by atoms with van der Waals surface area (Å²) in [6.07, 6.45) is 5.66. The Morgan fingerprint density at radius 2 is 1.61 bits per heavy atom. The summed E-state index contributed by atoms with van der Waals surface area (Å²) < 4.78 is 0. The van der Waals surface area contributed by atoms with Gasteiger partial charge in [0.2, 0.25) is 0 Å². The third kappa shape index (κ3) is 1.86. The van der Waals surface area contributed by atoms with E-state index in [0.29, 0.717) is 0 Å². The lowest BCUT2D eigenvalue weighted by Gasteiger charge is -2.68. The lowest BCUT2D eigenvalue weighted by atomic mass is 9.41. The average Bonchev–Trinajstić information content (AvgIpc) is 2.06. The van der Waals surface area contributed by atoms with Crippen LogP contribution in [0.25, 0.3) is 0 Å². The van der Waals surface area contributed by atoms with Gasteiger partial charge in [0.25, 0.3) is 0 Å². The molecule has 18 heavy (non-hydrogen) atoms. The van der Waals surface area contributed by atoms with Gasteiger partial charge >= 0.3 is 5.97 Å². The molecule has 102 valence electrons. The van der Waals surface area contributed by atoms with Crippen molar-refractivity contribution in [2.75, 3.05) is 6.54 Å². The summed E-state index contributed by atoms with van der Waals surface area (Å²) in [7, 11) is 0. The number of carbonyl (C=O) groups is 1. The van der Waals surface area contributed by atoms with Gasteiger partial charge in [-0.3, -0.25) is 4.79 Å². The Kier molecular flexibility index (Phi) is 2.27. The Bertz CT molecular complexity index is 352. The van der Waals surface area contributed by atoms with E-state index in [1.54, 1.807) is 0 Å². The van der Waals surface area contributed by atoms with Gasteiger partial charge in [0, 0.05) is 5.54 Å². The van der Waals surface area contributed by atoms with Crippen molar-refractivity contribution in [1.29, 1.82) is 0 Å². The molecule has 4 rings (SSSR count). The fourth-order valence-corrected chi connectivity index (χ4v) is 6.08. The molecule has 0 aromatic carbocycles. The number of carboxylic acid groups (broad SMARTS) is 1. The molecule has 0 spiro atoms. The van der Waals surface area contributed by atoms with Crippen molar-refractivity contribution in [1.82, 2.24) is 5.32 Å². The van der Waals surface area contributed by atoms with Crippen molar-refractivity contribution in [2.45, 2.75) is 63.5 Å². The third-order valence-corrected chi connectivity index (χ3v) is 5.18. The molecule has 4 aliphatic carbocycles. The summed E-state index contributed by atoms with van der Waals surface area (Å²) in [4.78, 5) is 10.8. The first kappa shape index (κ1) is 12.4. The van der Waals surface area contributed by atoms with Gasteiger partial charge in [-0.2, -0.15) is 0 Å². The molecule has 4 heteroatoms. The van der Waals surface area contributed by atoms with Crippen molar-refractivity contribution < 1.29 is 15.0 Å². The first-order chi connectivity index (χ1) is 8.16. The summed E-state index contributed by atoms with van der Waals surface area (Å²) in [6, 6.07) is 0. The number of carboxylic acids is 1. The summed E-state index contributed by atoms with van der Waals surface area (Å²) in [5.74, 6) is -0.812. The molecule has 0 saturated heterocycles. The number of hydrogen-bond donors (Lipinski definition) is 3. The van der Waals surface area contributed by atoms with Gasteiger partial charge < -0.3 is 15.5 Å². The van der Waals surface area contributed by atoms with Crippen LogP contribution in [-0.4, -0.2) is 33.9 Å². The Morgan fingerprint density at radius 1 is 1.06 bits per heavy atom. The van der Waals surface area contributed by atoms with E-state index in [1.807, 2.05) is 0 Å². The minimum atomic E-state index is -0.812. The minimum absolute atomic E-state index is 0.00222. The first-order valence-corrected chi connectivity index (χ1v) is 6.85. The highest BCUT2D eigenvalue weighted by Crippen LogP contribution is 2.67. The standard InChI is InChI=1S/C14H23NO3/c1-11-4-12(2)6-13(5-11,15-3-10(16)17)9-14(18,7-11)8-12/h15,18H,3-9H2,1-2H3,(H,16,17). The second-order valence-electron chi connectivity index (χ2n) is 7.93. The van der Waals surface area contributed by atoms with Crippen LogP contribution in [-0.2, 0) is 4.79 Å².